The van der Waals surface area contributed by atoms with E-state index >= 15 is 0 Å². The van der Waals surface area contributed by atoms with E-state index in [1.54, 1.807) is 23.9 Å². The van der Waals surface area contributed by atoms with Crippen molar-refractivity contribution in [1.82, 2.24) is 14.4 Å². The molecule has 1 heterocycles. The smallest absolute Gasteiger partial charge is 0.259 e. The van der Waals surface area contributed by atoms with E-state index in [1.807, 2.05) is 13.8 Å². The Kier molecular flexibility index (Phi) is 5.82. The number of nitrogens with zero attached hydrogens (tertiary/aromatic N) is 4. The Morgan fingerprint density at radius 3 is 2.55 bits per heavy atom. The molecule has 20 heavy (non-hydrogen) atoms. The van der Waals surface area contributed by atoms with Crippen LogP contribution in [0.3, 0.4) is 0 Å². The van der Waals surface area contributed by atoms with Gasteiger partial charge in [0.05, 0.1) is 12.5 Å². The van der Waals surface area contributed by atoms with E-state index in [0.29, 0.717) is 18.2 Å². The molecular weight excluding hydrogens is 279 g/mol. The molecule has 0 spiro atoms. The molecule has 1 aromatic rings. The van der Waals surface area contributed by atoms with Crippen molar-refractivity contribution in [3.05, 3.63) is 28.4 Å². The van der Waals surface area contributed by atoms with E-state index in [2.05, 4.69) is 4.99 Å². The van der Waals surface area contributed by atoms with Gasteiger partial charge in [0.15, 0.2) is 10.9 Å². The minimum atomic E-state index is -0.586. The van der Waals surface area contributed by atoms with Gasteiger partial charge in [-0.3, -0.25) is 9.36 Å². The van der Waals surface area contributed by atoms with Crippen LogP contribution in [0.1, 0.15) is 13.8 Å². The molecule has 0 aliphatic carbocycles. The van der Waals surface area contributed by atoms with E-state index in [9.17, 15) is 9.18 Å². The van der Waals surface area contributed by atoms with Crippen LogP contribution in [0, 0.1) is 5.82 Å². The molecule has 0 saturated carbocycles. The maximum Gasteiger partial charge on any atom is 0.259 e. The lowest BCUT2D eigenvalue weighted by molar-refractivity contribution is 0.457. The van der Waals surface area contributed by atoms with E-state index in [0.717, 1.165) is 16.8 Å². The molecule has 0 N–H and O–H groups in total. The monoisotopic (exact) mass is 298 g/mol. The van der Waals surface area contributed by atoms with Crippen molar-refractivity contribution in [3.63, 3.8) is 0 Å². The third-order valence-corrected chi connectivity index (χ3v) is 3.11. The summed E-state index contributed by atoms with van der Waals surface area (Å²) in [5.41, 5.74) is -0.392. The zero-order valence-electron chi connectivity index (χ0n) is 12.1. The minimum absolute atomic E-state index is 0.00213. The normalized spacial score (nSPS) is 10.8. The van der Waals surface area contributed by atoms with Gasteiger partial charge in [-0.1, -0.05) is 0 Å². The standard InChI is InChI=1S/C13H19FN4OS/c1-5-17(6-2)13(20)18-8-10(14)11(7-12(18)19)15-9-16(3)4/h7-9H,5-6H2,1-4H3. The Morgan fingerprint density at radius 2 is 2.05 bits per heavy atom. The van der Waals surface area contributed by atoms with E-state index in [1.165, 1.54) is 6.34 Å². The van der Waals surface area contributed by atoms with Crippen LogP contribution in [0.5, 0.6) is 0 Å². The van der Waals surface area contributed by atoms with Gasteiger partial charge in [0, 0.05) is 33.3 Å². The number of hydrogen-bond donors (Lipinski definition) is 0. The summed E-state index contributed by atoms with van der Waals surface area (Å²) < 4.78 is 15.1. The molecule has 0 atom stereocenters. The fourth-order valence-electron chi connectivity index (χ4n) is 1.57. The van der Waals surface area contributed by atoms with Gasteiger partial charge in [0.25, 0.3) is 5.56 Å². The molecule has 0 radical (unpaired) electrons. The third-order valence-electron chi connectivity index (χ3n) is 2.65. The molecule has 0 aliphatic rings. The summed E-state index contributed by atoms with van der Waals surface area (Å²) in [6.07, 6.45) is 2.52. The lowest BCUT2D eigenvalue weighted by atomic mass is 10.4. The van der Waals surface area contributed by atoms with Gasteiger partial charge < -0.3 is 9.80 Å². The van der Waals surface area contributed by atoms with Gasteiger partial charge in [0.1, 0.15) is 5.69 Å². The third kappa shape index (κ3) is 3.86. The van der Waals surface area contributed by atoms with Gasteiger partial charge in [-0.25, -0.2) is 9.38 Å². The number of thiocarbonyl (C=S) groups is 1. The van der Waals surface area contributed by atoms with Gasteiger partial charge in [0.2, 0.25) is 0 Å². The molecule has 7 heteroatoms. The summed E-state index contributed by atoms with van der Waals surface area (Å²) in [4.78, 5) is 19.4. The molecule has 0 amide bonds. The second-order valence-electron chi connectivity index (χ2n) is 4.38. The molecule has 0 bridgehead atoms. The van der Waals surface area contributed by atoms with Crippen molar-refractivity contribution >= 4 is 29.4 Å². The van der Waals surface area contributed by atoms with Crippen LogP contribution in [0.2, 0.25) is 0 Å². The summed E-state index contributed by atoms with van der Waals surface area (Å²) >= 11 is 5.21. The highest BCUT2D eigenvalue weighted by molar-refractivity contribution is 7.80. The van der Waals surface area contributed by atoms with Crippen LogP contribution in [-0.4, -0.2) is 53.0 Å². The molecular formula is C13H19FN4OS. The largest absolute Gasteiger partial charge is 0.369 e. The van der Waals surface area contributed by atoms with Crippen LogP contribution in [0.4, 0.5) is 10.1 Å². The Hall–Kier alpha value is -1.76. The van der Waals surface area contributed by atoms with Gasteiger partial charge in [-0.05, 0) is 26.1 Å². The first-order chi connectivity index (χ1) is 9.40. The fraction of sp³-hybridized carbons (Fsp3) is 0.462. The van der Waals surface area contributed by atoms with Crippen molar-refractivity contribution < 1.29 is 4.39 Å². The van der Waals surface area contributed by atoms with Crippen molar-refractivity contribution in [3.8, 4) is 0 Å². The number of aliphatic imine (C=N–C) groups is 1. The Balaban J connectivity index is 3.18. The van der Waals surface area contributed by atoms with Crippen LogP contribution in [0.25, 0.3) is 0 Å². The van der Waals surface area contributed by atoms with Crippen molar-refractivity contribution in [2.45, 2.75) is 13.8 Å². The highest BCUT2D eigenvalue weighted by Gasteiger charge is 2.12. The second-order valence-corrected chi connectivity index (χ2v) is 4.74. The van der Waals surface area contributed by atoms with Gasteiger partial charge in [-0.2, -0.15) is 0 Å². The van der Waals surface area contributed by atoms with Crippen molar-refractivity contribution in [2.24, 2.45) is 4.99 Å². The number of pyridine rings is 1. The molecule has 0 aliphatic heterocycles. The molecule has 1 rings (SSSR count). The zero-order valence-corrected chi connectivity index (χ0v) is 12.9. The predicted octanol–water partition coefficient (Wildman–Crippen LogP) is 1.68. The first kappa shape index (κ1) is 16.3. The highest BCUT2D eigenvalue weighted by Crippen LogP contribution is 2.14. The van der Waals surface area contributed by atoms with Crippen molar-refractivity contribution in [2.75, 3.05) is 27.2 Å². The Bertz CT molecular complexity index is 564. The fourth-order valence-corrected chi connectivity index (χ4v) is 1.97. The number of rotatable bonds is 4. The van der Waals surface area contributed by atoms with Crippen LogP contribution >= 0.6 is 12.2 Å². The zero-order chi connectivity index (χ0) is 15.3. The molecule has 0 fully saturated rings. The predicted molar refractivity (Wildman–Crippen MR) is 83.4 cm³/mol. The number of halogens is 1. The van der Waals surface area contributed by atoms with Crippen LogP contribution in [-0.2, 0) is 0 Å². The lowest BCUT2D eigenvalue weighted by Gasteiger charge is -2.22. The Labute approximate surface area is 123 Å². The van der Waals surface area contributed by atoms with Crippen LogP contribution in [0.15, 0.2) is 22.1 Å². The van der Waals surface area contributed by atoms with E-state index in [4.69, 9.17) is 12.2 Å². The molecule has 1 aromatic heterocycles. The number of aromatic nitrogens is 1. The summed E-state index contributed by atoms with van der Waals surface area (Å²) in [5.74, 6) is -0.586. The SMILES string of the molecule is CCN(CC)C(=S)n1cc(F)c(N=CN(C)C)cc1=O. The van der Waals surface area contributed by atoms with Crippen molar-refractivity contribution in [1.29, 1.82) is 0 Å². The first-order valence-electron chi connectivity index (χ1n) is 6.32. The first-order valence-corrected chi connectivity index (χ1v) is 6.73. The average Bonchev–Trinajstić information content (AvgIpc) is 2.40. The summed E-state index contributed by atoms with van der Waals surface area (Å²) in [7, 11) is 3.52. The van der Waals surface area contributed by atoms with Gasteiger partial charge in [-0.15, -0.1) is 0 Å². The molecule has 0 saturated heterocycles. The maximum atomic E-state index is 13.9. The lowest BCUT2D eigenvalue weighted by Crippen LogP contribution is -2.39. The summed E-state index contributed by atoms with van der Waals surface area (Å²) in [6.45, 7) is 5.16. The van der Waals surface area contributed by atoms with E-state index in [-0.39, 0.29) is 5.69 Å². The second kappa shape index (κ2) is 7.14. The molecule has 0 unspecified atom stereocenters. The topological polar surface area (TPSA) is 40.8 Å². The Morgan fingerprint density at radius 1 is 1.45 bits per heavy atom. The van der Waals surface area contributed by atoms with E-state index < -0.39 is 11.4 Å². The quantitative estimate of drug-likeness (QED) is 0.482. The van der Waals surface area contributed by atoms with Crippen LogP contribution < -0.4 is 5.56 Å². The molecule has 110 valence electrons. The maximum absolute atomic E-state index is 13.9. The number of hydrogen-bond acceptors (Lipinski definition) is 3. The highest BCUT2D eigenvalue weighted by atomic mass is 32.1. The minimum Gasteiger partial charge on any atom is -0.369 e. The molecule has 0 aromatic carbocycles. The summed E-state index contributed by atoms with van der Waals surface area (Å²) in [5, 5.41) is 0.294. The average molecular weight is 298 g/mol. The summed E-state index contributed by atoms with van der Waals surface area (Å²) in [6, 6.07) is 1.14. The molecule has 5 nitrogen and oxygen atoms in total. The van der Waals surface area contributed by atoms with Gasteiger partial charge >= 0.3 is 0 Å².